The van der Waals surface area contributed by atoms with Gasteiger partial charge < -0.3 is 8.83 Å². The second-order valence-corrected chi connectivity index (χ2v) is 9.44. The standard InChI is InChI=1S/C34H27NO3/c36-34-28(20-30-16-18-32(37-30)26-12-6-2-7-13-26)23-35(22-25-10-4-1-5-11-25)24-29(34)21-31-17-19-33(38-31)27-14-8-3-9-15-27/h1-21H,22-24H2/b28-20-,29-21+. The first-order chi connectivity index (χ1) is 18.7. The normalized spacial score (nSPS) is 16.4. The van der Waals surface area contributed by atoms with Gasteiger partial charge in [0.1, 0.15) is 23.0 Å². The lowest BCUT2D eigenvalue weighted by Gasteiger charge is -2.29. The van der Waals surface area contributed by atoms with E-state index in [9.17, 15) is 4.79 Å². The van der Waals surface area contributed by atoms with Crippen molar-refractivity contribution in [3.05, 3.63) is 143 Å². The van der Waals surface area contributed by atoms with Gasteiger partial charge >= 0.3 is 0 Å². The summed E-state index contributed by atoms with van der Waals surface area (Å²) in [5.41, 5.74) is 4.61. The molecule has 0 unspecified atom stereocenters. The van der Waals surface area contributed by atoms with Crippen LogP contribution in [0.4, 0.5) is 0 Å². The molecule has 2 aromatic heterocycles. The molecule has 0 aliphatic carbocycles. The summed E-state index contributed by atoms with van der Waals surface area (Å²) in [5, 5.41) is 0. The number of furan rings is 2. The van der Waals surface area contributed by atoms with E-state index < -0.39 is 0 Å². The quantitative estimate of drug-likeness (QED) is 0.225. The van der Waals surface area contributed by atoms with Crippen molar-refractivity contribution in [1.29, 1.82) is 0 Å². The van der Waals surface area contributed by atoms with Gasteiger partial charge in [0.05, 0.1) is 0 Å². The average Bonchev–Trinajstić information content (AvgIpc) is 3.63. The minimum atomic E-state index is 0.0182. The highest BCUT2D eigenvalue weighted by molar-refractivity contribution is 6.14. The third-order valence-electron chi connectivity index (χ3n) is 6.62. The van der Waals surface area contributed by atoms with E-state index in [1.54, 1.807) is 0 Å². The van der Waals surface area contributed by atoms with Gasteiger partial charge in [0.2, 0.25) is 0 Å². The van der Waals surface area contributed by atoms with Gasteiger partial charge in [-0.15, -0.1) is 0 Å². The summed E-state index contributed by atoms with van der Waals surface area (Å²) in [6, 6.07) is 38.0. The van der Waals surface area contributed by atoms with Gasteiger partial charge in [0.25, 0.3) is 0 Å². The fourth-order valence-corrected chi connectivity index (χ4v) is 4.78. The Morgan fingerprint density at radius 2 is 1.03 bits per heavy atom. The van der Waals surface area contributed by atoms with E-state index in [1.807, 2.05) is 115 Å². The molecule has 0 amide bonds. The molecule has 6 rings (SSSR count). The summed E-state index contributed by atoms with van der Waals surface area (Å²) in [6.45, 7) is 1.82. The lowest BCUT2D eigenvalue weighted by atomic mass is 9.95. The number of carbonyl (C=O) groups excluding carboxylic acids is 1. The van der Waals surface area contributed by atoms with Crippen LogP contribution in [0.15, 0.2) is 135 Å². The molecule has 1 fully saturated rings. The average molecular weight is 498 g/mol. The molecule has 0 radical (unpaired) electrons. The van der Waals surface area contributed by atoms with Gasteiger partial charge in [-0.05, 0) is 42.0 Å². The van der Waals surface area contributed by atoms with E-state index >= 15 is 0 Å². The molecule has 4 nitrogen and oxygen atoms in total. The summed E-state index contributed by atoms with van der Waals surface area (Å²) >= 11 is 0. The molecule has 0 bridgehead atoms. The first-order valence-corrected chi connectivity index (χ1v) is 12.7. The zero-order valence-electron chi connectivity index (χ0n) is 20.9. The van der Waals surface area contributed by atoms with Crippen LogP contribution in [0.25, 0.3) is 34.8 Å². The summed E-state index contributed by atoms with van der Waals surface area (Å²) in [6.07, 6.45) is 3.74. The van der Waals surface area contributed by atoms with Crippen molar-refractivity contribution in [1.82, 2.24) is 4.90 Å². The molecule has 0 atom stereocenters. The zero-order valence-corrected chi connectivity index (χ0v) is 20.9. The van der Waals surface area contributed by atoms with Crippen LogP contribution in [-0.2, 0) is 11.3 Å². The fourth-order valence-electron chi connectivity index (χ4n) is 4.78. The monoisotopic (exact) mass is 497 g/mol. The number of piperidine rings is 1. The topological polar surface area (TPSA) is 46.6 Å². The van der Waals surface area contributed by atoms with E-state index in [-0.39, 0.29) is 5.78 Å². The number of hydrogen-bond acceptors (Lipinski definition) is 4. The Morgan fingerprint density at radius 1 is 0.579 bits per heavy atom. The Balaban J connectivity index is 1.31. The molecule has 3 aromatic carbocycles. The molecule has 0 saturated carbocycles. The van der Waals surface area contributed by atoms with Crippen molar-refractivity contribution in [2.45, 2.75) is 6.54 Å². The fraction of sp³-hybridized carbons (Fsp3) is 0.0882. The van der Waals surface area contributed by atoms with Crippen molar-refractivity contribution in [2.75, 3.05) is 13.1 Å². The van der Waals surface area contributed by atoms with Crippen molar-refractivity contribution < 1.29 is 13.6 Å². The van der Waals surface area contributed by atoms with Gasteiger partial charge in [0, 0.05) is 41.9 Å². The number of ketones is 1. The minimum absolute atomic E-state index is 0.0182. The van der Waals surface area contributed by atoms with Crippen molar-refractivity contribution in [2.24, 2.45) is 0 Å². The van der Waals surface area contributed by atoms with E-state index in [0.29, 0.717) is 35.8 Å². The molecule has 5 aromatic rings. The van der Waals surface area contributed by atoms with E-state index in [2.05, 4.69) is 17.0 Å². The largest absolute Gasteiger partial charge is 0.457 e. The van der Waals surface area contributed by atoms with Crippen LogP contribution >= 0.6 is 0 Å². The Hall–Kier alpha value is -4.67. The summed E-state index contributed by atoms with van der Waals surface area (Å²) in [5.74, 6) is 2.91. The van der Waals surface area contributed by atoms with Gasteiger partial charge in [-0.1, -0.05) is 91.0 Å². The van der Waals surface area contributed by atoms with Crippen molar-refractivity contribution in [3.63, 3.8) is 0 Å². The third-order valence-corrected chi connectivity index (χ3v) is 6.62. The molecule has 1 aliphatic heterocycles. The van der Waals surface area contributed by atoms with Crippen LogP contribution in [-0.4, -0.2) is 23.8 Å². The summed E-state index contributed by atoms with van der Waals surface area (Å²) in [4.78, 5) is 15.9. The zero-order chi connectivity index (χ0) is 25.7. The highest BCUT2D eigenvalue weighted by atomic mass is 16.3. The van der Waals surface area contributed by atoms with Crippen molar-refractivity contribution in [3.8, 4) is 22.6 Å². The second kappa shape index (κ2) is 10.8. The first kappa shape index (κ1) is 23.7. The Morgan fingerprint density at radius 3 is 1.50 bits per heavy atom. The van der Waals surface area contributed by atoms with E-state index in [4.69, 9.17) is 8.83 Å². The highest BCUT2D eigenvalue weighted by Crippen LogP contribution is 2.28. The van der Waals surface area contributed by atoms with Gasteiger partial charge in [-0.25, -0.2) is 0 Å². The second-order valence-electron chi connectivity index (χ2n) is 9.44. The number of nitrogens with zero attached hydrogens (tertiary/aromatic N) is 1. The maximum Gasteiger partial charge on any atom is 0.187 e. The Labute approximate surface area is 222 Å². The summed E-state index contributed by atoms with van der Waals surface area (Å²) in [7, 11) is 0. The number of likely N-dealkylation sites (tertiary alicyclic amines) is 1. The number of carbonyl (C=O) groups is 1. The Kier molecular flexibility index (Phi) is 6.71. The SMILES string of the molecule is O=C1/C(=C\c2ccc(-c3ccccc3)o2)CN(Cc2ccccc2)C/C1=C\c1ccc(-c2ccccc2)o1. The van der Waals surface area contributed by atoms with Gasteiger partial charge in [-0.3, -0.25) is 9.69 Å². The van der Waals surface area contributed by atoms with Crippen LogP contribution in [0.2, 0.25) is 0 Å². The summed E-state index contributed by atoms with van der Waals surface area (Å²) < 4.78 is 12.2. The van der Waals surface area contributed by atoms with E-state index in [1.165, 1.54) is 5.56 Å². The predicted octanol–water partition coefficient (Wildman–Crippen LogP) is 7.76. The number of hydrogen-bond donors (Lipinski definition) is 0. The molecule has 1 aliphatic rings. The molecular weight excluding hydrogens is 470 g/mol. The highest BCUT2D eigenvalue weighted by Gasteiger charge is 2.27. The van der Waals surface area contributed by atoms with Crippen LogP contribution < -0.4 is 0 Å². The molecule has 186 valence electrons. The lowest BCUT2D eigenvalue weighted by molar-refractivity contribution is -0.113. The number of Topliss-reactive ketones (excluding diaryl/α,β-unsaturated/α-hetero) is 1. The van der Waals surface area contributed by atoms with E-state index in [0.717, 1.165) is 29.2 Å². The van der Waals surface area contributed by atoms with Crippen LogP contribution in [0.1, 0.15) is 17.1 Å². The van der Waals surface area contributed by atoms with Crippen LogP contribution in [0.5, 0.6) is 0 Å². The van der Waals surface area contributed by atoms with Gasteiger partial charge in [0.15, 0.2) is 5.78 Å². The molecule has 3 heterocycles. The maximum absolute atomic E-state index is 13.6. The minimum Gasteiger partial charge on any atom is -0.457 e. The molecule has 1 saturated heterocycles. The first-order valence-electron chi connectivity index (χ1n) is 12.7. The van der Waals surface area contributed by atoms with Gasteiger partial charge in [-0.2, -0.15) is 0 Å². The molecule has 4 heteroatoms. The third kappa shape index (κ3) is 5.36. The number of rotatable bonds is 6. The molecule has 38 heavy (non-hydrogen) atoms. The maximum atomic E-state index is 13.6. The lowest BCUT2D eigenvalue weighted by Crippen LogP contribution is -2.37. The molecule has 0 spiro atoms. The molecular formula is C34H27NO3. The van der Waals surface area contributed by atoms with Crippen LogP contribution in [0.3, 0.4) is 0 Å². The Bertz CT molecular complexity index is 1490. The number of benzene rings is 3. The predicted molar refractivity (Wildman–Crippen MR) is 151 cm³/mol. The van der Waals surface area contributed by atoms with Crippen LogP contribution in [0, 0.1) is 0 Å². The molecule has 0 N–H and O–H groups in total. The van der Waals surface area contributed by atoms with Crippen molar-refractivity contribution >= 4 is 17.9 Å². The smallest absolute Gasteiger partial charge is 0.187 e.